The summed E-state index contributed by atoms with van der Waals surface area (Å²) in [5.41, 5.74) is 3.70. The molecule has 2 aromatic carbocycles. The first kappa shape index (κ1) is 19.8. The molecule has 140 valence electrons. The van der Waals surface area contributed by atoms with Crippen LogP contribution in [0.1, 0.15) is 23.6 Å². The number of hydrogen-bond acceptors (Lipinski definition) is 3. The van der Waals surface area contributed by atoms with Gasteiger partial charge >= 0.3 is 0 Å². The van der Waals surface area contributed by atoms with Crippen LogP contribution in [0.4, 0.5) is 0 Å². The summed E-state index contributed by atoms with van der Waals surface area (Å²) in [5.74, 6) is 1.69. The highest BCUT2D eigenvalue weighted by Crippen LogP contribution is 2.11. The van der Waals surface area contributed by atoms with Crippen LogP contribution in [-0.4, -0.2) is 38.6 Å². The topological polar surface area (TPSA) is 48.9 Å². The average molecular weight is 354 g/mol. The van der Waals surface area contributed by atoms with Crippen molar-refractivity contribution in [2.24, 2.45) is 4.99 Å². The lowest BCUT2D eigenvalue weighted by Gasteiger charge is -2.13. The van der Waals surface area contributed by atoms with E-state index in [1.807, 2.05) is 12.1 Å². The molecule has 0 unspecified atom stereocenters. The van der Waals surface area contributed by atoms with Gasteiger partial charge in [-0.1, -0.05) is 36.4 Å². The Morgan fingerprint density at radius 2 is 1.73 bits per heavy atom. The molecule has 0 aromatic heterocycles. The molecular weight excluding hydrogens is 324 g/mol. The van der Waals surface area contributed by atoms with Crippen molar-refractivity contribution in [3.8, 4) is 5.75 Å². The van der Waals surface area contributed by atoms with Crippen LogP contribution in [0.15, 0.2) is 53.5 Å². The Labute approximate surface area is 157 Å². The summed E-state index contributed by atoms with van der Waals surface area (Å²) >= 11 is 0. The fourth-order valence-corrected chi connectivity index (χ4v) is 2.63. The first-order valence-corrected chi connectivity index (χ1v) is 8.98. The Hall–Kier alpha value is -2.53. The van der Waals surface area contributed by atoms with E-state index in [1.54, 1.807) is 7.11 Å². The van der Waals surface area contributed by atoms with E-state index in [4.69, 9.17) is 9.73 Å². The minimum Gasteiger partial charge on any atom is -0.497 e. The lowest BCUT2D eigenvalue weighted by molar-refractivity contribution is 0.402. The zero-order chi connectivity index (χ0) is 18.8. The van der Waals surface area contributed by atoms with Crippen molar-refractivity contribution in [1.82, 2.24) is 15.5 Å². The number of ether oxygens (including phenoxy) is 1. The van der Waals surface area contributed by atoms with Crippen molar-refractivity contribution in [2.45, 2.75) is 26.6 Å². The van der Waals surface area contributed by atoms with Crippen molar-refractivity contribution in [3.63, 3.8) is 0 Å². The highest BCUT2D eigenvalue weighted by Gasteiger charge is 2.01. The van der Waals surface area contributed by atoms with E-state index in [0.29, 0.717) is 6.54 Å². The molecule has 26 heavy (non-hydrogen) atoms. The number of rotatable bonds is 8. The molecule has 0 saturated carbocycles. The van der Waals surface area contributed by atoms with Crippen LogP contribution in [0.2, 0.25) is 0 Å². The Balaban J connectivity index is 1.97. The van der Waals surface area contributed by atoms with E-state index in [9.17, 15) is 0 Å². The minimum absolute atomic E-state index is 0.652. The second-order valence-electron chi connectivity index (χ2n) is 6.45. The number of guanidine groups is 1. The van der Waals surface area contributed by atoms with Gasteiger partial charge < -0.3 is 20.3 Å². The van der Waals surface area contributed by atoms with Crippen molar-refractivity contribution in [1.29, 1.82) is 0 Å². The van der Waals surface area contributed by atoms with Gasteiger partial charge in [0, 0.05) is 19.6 Å². The Bertz CT molecular complexity index is 695. The number of hydrogen-bond donors (Lipinski definition) is 2. The van der Waals surface area contributed by atoms with E-state index >= 15 is 0 Å². The van der Waals surface area contributed by atoms with Gasteiger partial charge in [-0.2, -0.15) is 0 Å². The second kappa shape index (κ2) is 10.5. The smallest absolute Gasteiger partial charge is 0.191 e. The molecule has 0 aliphatic rings. The van der Waals surface area contributed by atoms with E-state index in [2.05, 4.69) is 73.0 Å². The van der Waals surface area contributed by atoms with Crippen LogP contribution in [0.3, 0.4) is 0 Å². The third kappa shape index (κ3) is 6.76. The zero-order valence-corrected chi connectivity index (χ0v) is 16.2. The molecule has 2 rings (SSSR count). The summed E-state index contributed by atoms with van der Waals surface area (Å²) in [6, 6.07) is 16.6. The molecule has 5 nitrogen and oxygen atoms in total. The summed E-state index contributed by atoms with van der Waals surface area (Å²) < 4.78 is 5.19. The van der Waals surface area contributed by atoms with E-state index < -0.39 is 0 Å². The van der Waals surface area contributed by atoms with Gasteiger partial charge in [-0.05, 0) is 49.8 Å². The quantitative estimate of drug-likeness (QED) is 0.565. The molecule has 0 aliphatic heterocycles. The van der Waals surface area contributed by atoms with Gasteiger partial charge in [-0.3, -0.25) is 0 Å². The summed E-state index contributed by atoms with van der Waals surface area (Å²) in [4.78, 5) is 6.88. The van der Waals surface area contributed by atoms with Crippen molar-refractivity contribution in [3.05, 3.63) is 65.2 Å². The summed E-state index contributed by atoms with van der Waals surface area (Å²) in [5, 5.41) is 6.68. The molecule has 0 heterocycles. The van der Waals surface area contributed by atoms with Crippen molar-refractivity contribution in [2.75, 3.05) is 27.7 Å². The number of methoxy groups -OCH3 is 1. The monoisotopic (exact) mass is 354 g/mol. The summed E-state index contributed by atoms with van der Waals surface area (Å²) in [6.07, 6.45) is 0. The molecule has 5 heteroatoms. The average Bonchev–Trinajstić information content (AvgIpc) is 2.64. The van der Waals surface area contributed by atoms with Gasteiger partial charge in [-0.15, -0.1) is 0 Å². The van der Waals surface area contributed by atoms with Crippen molar-refractivity contribution >= 4 is 5.96 Å². The van der Waals surface area contributed by atoms with Crippen molar-refractivity contribution < 1.29 is 4.74 Å². The lowest BCUT2D eigenvalue weighted by atomic mass is 10.1. The Kier molecular flexibility index (Phi) is 7.96. The molecule has 0 aliphatic carbocycles. The molecule has 0 bridgehead atoms. The van der Waals surface area contributed by atoms with E-state index in [-0.39, 0.29) is 0 Å². The molecule has 0 fully saturated rings. The SMILES string of the molecule is CCNC(=NCc1cccc(CN(C)C)c1)NCc1ccc(OC)cc1. The molecule has 0 amide bonds. The maximum atomic E-state index is 5.19. The largest absolute Gasteiger partial charge is 0.497 e. The number of nitrogens with one attached hydrogen (secondary N) is 2. The maximum absolute atomic E-state index is 5.19. The third-order valence-corrected chi connectivity index (χ3v) is 3.87. The molecule has 0 atom stereocenters. The highest BCUT2D eigenvalue weighted by atomic mass is 16.5. The van der Waals surface area contributed by atoms with Crippen LogP contribution in [0.25, 0.3) is 0 Å². The highest BCUT2D eigenvalue weighted by molar-refractivity contribution is 5.79. The number of nitrogens with zero attached hydrogens (tertiary/aromatic N) is 2. The normalized spacial score (nSPS) is 11.5. The second-order valence-corrected chi connectivity index (χ2v) is 6.45. The fraction of sp³-hybridized carbons (Fsp3) is 0.381. The first-order chi connectivity index (χ1) is 12.6. The molecule has 0 spiro atoms. The maximum Gasteiger partial charge on any atom is 0.191 e. The predicted molar refractivity (Wildman–Crippen MR) is 108 cm³/mol. The summed E-state index contributed by atoms with van der Waals surface area (Å²) in [7, 11) is 5.84. The zero-order valence-electron chi connectivity index (χ0n) is 16.2. The van der Waals surface area contributed by atoms with Gasteiger partial charge in [0.15, 0.2) is 5.96 Å². The van der Waals surface area contributed by atoms with Crippen LogP contribution in [0.5, 0.6) is 5.75 Å². The fourth-order valence-electron chi connectivity index (χ4n) is 2.63. The predicted octanol–water partition coefficient (Wildman–Crippen LogP) is 3.01. The molecular formula is C21H30N4O. The number of benzene rings is 2. The summed E-state index contributed by atoms with van der Waals surface area (Å²) in [6.45, 7) is 5.21. The lowest BCUT2D eigenvalue weighted by Crippen LogP contribution is -2.36. The minimum atomic E-state index is 0.652. The van der Waals surface area contributed by atoms with Gasteiger partial charge in [0.1, 0.15) is 5.75 Å². The number of aliphatic imine (C=N–C) groups is 1. The van der Waals surface area contributed by atoms with E-state index in [1.165, 1.54) is 16.7 Å². The Morgan fingerprint density at radius 1 is 1.00 bits per heavy atom. The van der Waals surface area contributed by atoms with Crippen LogP contribution >= 0.6 is 0 Å². The first-order valence-electron chi connectivity index (χ1n) is 8.98. The van der Waals surface area contributed by atoms with Crippen LogP contribution < -0.4 is 15.4 Å². The standard InChI is InChI=1S/C21H30N4O/c1-5-22-21(23-14-17-9-11-20(26-4)12-10-17)24-15-18-7-6-8-19(13-18)16-25(2)3/h6-13H,5,14-16H2,1-4H3,(H2,22,23,24). The molecule has 2 N–H and O–H groups in total. The third-order valence-electron chi connectivity index (χ3n) is 3.87. The van der Waals surface area contributed by atoms with E-state index in [0.717, 1.165) is 31.3 Å². The van der Waals surface area contributed by atoms with Gasteiger partial charge in [0.2, 0.25) is 0 Å². The Morgan fingerprint density at radius 3 is 2.38 bits per heavy atom. The van der Waals surface area contributed by atoms with Crippen LogP contribution in [0, 0.1) is 0 Å². The molecule has 0 saturated heterocycles. The van der Waals surface area contributed by atoms with Gasteiger partial charge in [0.05, 0.1) is 13.7 Å². The van der Waals surface area contributed by atoms with Crippen LogP contribution in [-0.2, 0) is 19.6 Å². The molecule has 0 radical (unpaired) electrons. The molecule has 2 aromatic rings. The van der Waals surface area contributed by atoms with Gasteiger partial charge in [-0.25, -0.2) is 4.99 Å². The van der Waals surface area contributed by atoms with Gasteiger partial charge in [0.25, 0.3) is 0 Å².